The van der Waals surface area contributed by atoms with Crippen LogP contribution in [0, 0.1) is 5.82 Å². The number of hydrogen-bond acceptors (Lipinski definition) is 3. The quantitative estimate of drug-likeness (QED) is 0.596. The van der Waals surface area contributed by atoms with Crippen molar-refractivity contribution in [2.45, 2.75) is 20.0 Å². The monoisotopic (exact) mass is 431 g/mol. The highest BCUT2D eigenvalue weighted by molar-refractivity contribution is 5.77. The number of piperazine rings is 1. The van der Waals surface area contributed by atoms with E-state index < -0.39 is 0 Å². The van der Waals surface area contributed by atoms with E-state index in [1.807, 2.05) is 30.0 Å². The van der Waals surface area contributed by atoms with Gasteiger partial charge in [-0.05, 0) is 42.8 Å². The molecule has 1 aliphatic rings. The molecule has 168 valence electrons. The SMILES string of the molecule is CCN(Cc1cccc(F)c1)C(=O)C[NH+]1CC[NH+](Cc2ccc(OC)c(OC)c2)CC1. The van der Waals surface area contributed by atoms with E-state index in [1.165, 1.54) is 27.5 Å². The normalized spacial score (nSPS) is 18.5. The van der Waals surface area contributed by atoms with Crippen LogP contribution in [0.15, 0.2) is 42.5 Å². The molecule has 0 bridgehead atoms. The number of benzene rings is 2. The Bertz CT molecular complexity index is 869. The van der Waals surface area contributed by atoms with Crippen molar-refractivity contribution < 1.29 is 28.5 Å². The lowest BCUT2D eigenvalue weighted by Crippen LogP contribution is -3.28. The molecule has 6 nitrogen and oxygen atoms in total. The number of hydrogen-bond donors (Lipinski definition) is 2. The Kier molecular flexibility index (Phi) is 8.26. The number of likely N-dealkylation sites (N-methyl/N-ethyl adjacent to an activating group) is 1. The molecule has 1 heterocycles. The molecule has 7 heteroatoms. The maximum atomic E-state index is 13.4. The van der Waals surface area contributed by atoms with Crippen LogP contribution >= 0.6 is 0 Å². The zero-order valence-electron chi connectivity index (χ0n) is 18.7. The van der Waals surface area contributed by atoms with E-state index in [9.17, 15) is 9.18 Å². The zero-order chi connectivity index (χ0) is 22.2. The first-order valence-corrected chi connectivity index (χ1v) is 10.9. The number of methoxy groups -OCH3 is 2. The van der Waals surface area contributed by atoms with E-state index in [4.69, 9.17) is 9.47 Å². The number of rotatable bonds is 9. The maximum absolute atomic E-state index is 13.4. The molecule has 2 N–H and O–H groups in total. The molecule has 1 amide bonds. The Labute approximate surface area is 184 Å². The van der Waals surface area contributed by atoms with Gasteiger partial charge in [0.1, 0.15) is 38.5 Å². The number of halogens is 1. The summed E-state index contributed by atoms with van der Waals surface area (Å²) < 4.78 is 24.2. The second kappa shape index (κ2) is 11.1. The third-order valence-electron chi connectivity index (χ3n) is 5.96. The summed E-state index contributed by atoms with van der Waals surface area (Å²) in [6.45, 7) is 8.45. The molecular formula is C24H34FN3O3+2. The predicted octanol–water partition coefficient (Wildman–Crippen LogP) is 0.175. The highest BCUT2D eigenvalue weighted by atomic mass is 19.1. The van der Waals surface area contributed by atoms with Gasteiger partial charge in [0.2, 0.25) is 0 Å². The van der Waals surface area contributed by atoms with Gasteiger partial charge >= 0.3 is 0 Å². The molecule has 1 saturated heterocycles. The van der Waals surface area contributed by atoms with Crippen molar-refractivity contribution >= 4 is 5.91 Å². The standard InChI is InChI=1S/C24H32FN3O3/c1-4-28(17-19-6-5-7-21(25)14-19)24(29)18-27-12-10-26(11-13-27)16-20-8-9-22(30-2)23(15-20)31-3/h5-9,14-15H,4,10-13,16-18H2,1-3H3/p+2. The molecule has 2 aromatic carbocycles. The molecule has 1 fully saturated rings. The Balaban J connectivity index is 1.48. The van der Waals surface area contributed by atoms with Gasteiger partial charge in [0.25, 0.3) is 5.91 Å². The molecule has 0 atom stereocenters. The van der Waals surface area contributed by atoms with Gasteiger partial charge in [-0.25, -0.2) is 4.39 Å². The average molecular weight is 432 g/mol. The van der Waals surface area contributed by atoms with E-state index in [-0.39, 0.29) is 11.7 Å². The highest BCUT2D eigenvalue weighted by Crippen LogP contribution is 2.27. The van der Waals surface area contributed by atoms with E-state index in [2.05, 4.69) is 6.07 Å². The Hall–Kier alpha value is -2.64. The van der Waals surface area contributed by atoms with Crippen molar-refractivity contribution in [1.82, 2.24) is 4.90 Å². The third-order valence-corrected chi connectivity index (χ3v) is 5.96. The number of quaternary nitrogens is 2. The maximum Gasteiger partial charge on any atom is 0.278 e. The summed E-state index contributed by atoms with van der Waals surface area (Å²) in [7, 11) is 3.30. The first-order chi connectivity index (χ1) is 15.0. The minimum absolute atomic E-state index is 0.130. The first kappa shape index (κ1) is 23.0. The van der Waals surface area contributed by atoms with Crippen molar-refractivity contribution in [2.75, 3.05) is 53.5 Å². The summed E-state index contributed by atoms with van der Waals surface area (Å²) in [6.07, 6.45) is 0. The van der Waals surface area contributed by atoms with Gasteiger partial charge in [-0.1, -0.05) is 12.1 Å². The molecular weight excluding hydrogens is 397 g/mol. The number of ether oxygens (including phenoxy) is 2. The minimum atomic E-state index is -0.264. The van der Waals surface area contributed by atoms with Crippen LogP contribution in [-0.2, 0) is 17.9 Å². The van der Waals surface area contributed by atoms with Crippen LogP contribution in [0.4, 0.5) is 4.39 Å². The Morgan fingerprint density at radius 1 is 0.968 bits per heavy atom. The fourth-order valence-corrected chi connectivity index (χ4v) is 4.15. The fraction of sp³-hybridized carbons (Fsp3) is 0.458. The van der Waals surface area contributed by atoms with E-state index in [1.54, 1.807) is 20.3 Å². The van der Waals surface area contributed by atoms with Gasteiger partial charge in [-0.2, -0.15) is 0 Å². The lowest BCUT2D eigenvalue weighted by atomic mass is 10.1. The summed E-state index contributed by atoms with van der Waals surface area (Å²) in [6, 6.07) is 12.6. The van der Waals surface area contributed by atoms with Gasteiger partial charge in [0, 0.05) is 18.7 Å². The number of carbonyl (C=O) groups excluding carboxylic acids is 1. The van der Waals surface area contributed by atoms with Crippen molar-refractivity contribution in [2.24, 2.45) is 0 Å². The smallest absolute Gasteiger partial charge is 0.278 e. The molecule has 0 saturated carbocycles. The summed E-state index contributed by atoms with van der Waals surface area (Å²) in [5.41, 5.74) is 2.05. The third kappa shape index (κ3) is 6.42. The van der Waals surface area contributed by atoms with E-state index in [0.29, 0.717) is 19.6 Å². The number of carbonyl (C=O) groups is 1. The van der Waals surface area contributed by atoms with Crippen molar-refractivity contribution in [3.05, 3.63) is 59.4 Å². The lowest BCUT2D eigenvalue weighted by Gasteiger charge is -2.31. The Morgan fingerprint density at radius 2 is 1.68 bits per heavy atom. The molecule has 0 unspecified atom stereocenters. The number of nitrogens with zero attached hydrogens (tertiary/aromatic N) is 1. The average Bonchev–Trinajstić information content (AvgIpc) is 2.78. The predicted molar refractivity (Wildman–Crippen MR) is 117 cm³/mol. The van der Waals surface area contributed by atoms with Gasteiger partial charge in [0.05, 0.1) is 14.2 Å². The van der Waals surface area contributed by atoms with Crippen molar-refractivity contribution in [3.8, 4) is 11.5 Å². The number of amides is 1. The minimum Gasteiger partial charge on any atom is -0.493 e. The zero-order valence-corrected chi connectivity index (χ0v) is 18.7. The second-order valence-corrected chi connectivity index (χ2v) is 8.08. The van der Waals surface area contributed by atoms with Crippen LogP contribution in [0.5, 0.6) is 11.5 Å². The van der Waals surface area contributed by atoms with E-state index >= 15 is 0 Å². The first-order valence-electron chi connectivity index (χ1n) is 10.9. The van der Waals surface area contributed by atoms with Crippen LogP contribution in [0.3, 0.4) is 0 Å². The van der Waals surface area contributed by atoms with Crippen LogP contribution in [0.25, 0.3) is 0 Å². The van der Waals surface area contributed by atoms with Gasteiger partial charge in [0.15, 0.2) is 18.0 Å². The molecule has 2 aromatic rings. The van der Waals surface area contributed by atoms with Crippen LogP contribution in [0.2, 0.25) is 0 Å². The molecule has 0 radical (unpaired) electrons. The lowest BCUT2D eigenvalue weighted by molar-refractivity contribution is -1.02. The molecule has 1 aliphatic heterocycles. The summed E-state index contributed by atoms with van der Waals surface area (Å²) in [5, 5.41) is 0. The fourth-order valence-electron chi connectivity index (χ4n) is 4.15. The van der Waals surface area contributed by atoms with Crippen LogP contribution < -0.4 is 19.3 Å². The molecule has 0 aromatic heterocycles. The molecule has 3 rings (SSSR count). The van der Waals surface area contributed by atoms with E-state index in [0.717, 1.165) is 49.8 Å². The largest absolute Gasteiger partial charge is 0.493 e. The van der Waals surface area contributed by atoms with Crippen molar-refractivity contribution in [3.63, 3.8) is 0 Å². The summed E-state index contributed by atoms with van der Waals surface area (Å²) >= 11 is 0. The Morgan fingerprint density at radius 3 is 2.32 bits per heavy atom. The van der Waals surface area contributed by atoms with Crippen LogP contribution in [0.1, 0.15) is 18.1 Å². The highest BCUT2D eigenvalue weighted by Gasteiger charge is 2.27. The summed E-state index contributed by atoms with van der Waals surface area (Å²) in [5.74, 6) is 1.37. The topological polar surface area (TPSA) is 47.7 Å². The van der Waals surface area contributed by atoms with Gasteiger partial charge < -0.3 is 24.2 Å². The van der Waals surface area contributed by atoms with Crippen LogP contribution in [-0.4, -0.2) is 64.3 Å². The molecule has 31 heavy (non-hydrogen) atoms. The van der Waals surface area contributed by atoms with Crippen molar-refractivity contribution in [1.29, 1.82) is 0 Å². The molecule has 0 spiro atoms. The molecule has 0 aliphatic carbocycles. The second-order valence-electron chi connectivity index (χ2n) is 8.08. The number of nitrogens with one attached hydrogen (secondary N) is 2. The summed E-state index contributed by atoms with van der Waals surface area (Å²) in [4.78, 5) is 17.5. The van der Waals surface area contributed by atoms with Gasteiger partial charge in [-0.15, -0.1) is 0 Å². The van der Waals surface area contributed by atoms with Gasteiger partial charge in [-0.3, -0.25) is 4.79 Å².